The molecule has 0 spiro atoms. The highest BCUT2D eigenvalue weighted by Gasteiger charge is 2.56. The summed E-state index contributed by atoms with van der Waals surface area (Å²) in [6, 6.07) is 4.55. The van der Waals surface area contributed by atoms with Crippen molar-refractivity contribution < 1.29 is 36.2 Å². The number of alkyl halides is 3. The maximum Gasteiger partial charge on any atom is 0.573 e. The third-order valence-electron chi connectivity index (χ3n) is 9.27. The highest BCUT2D eigenvalue weighted by Crippen LogP contribution is 2.48. The second kappa shape index (κ2) is 10.6. The van der Waals surface area contributed by atoms with Gasteiger partial charge in [-0.2, -0.15) is 0 Å². The molecule has 2 saturated heterocycles. The number of fused-ring (bicyclic) bond motifs is 5. The molecule has 2 bridgehead atoms. The Labute approximate surface area is 265 Å². The molecular formula is C32H30F5N7O3. The summed E-state index contributed by atoms with van der Waals surface area (Å²) in [6.45, 7) is 7.09. The van der Waals surface area contributed by atoms with Crippen LogP contribution in [0.1, 0.15) is 36.7 Å². The number of carbonyl (C=O) groups excluding carboxylic acids is 1. The number of hydrogen-bond acceptors (Lipinski definition) is 9. The number of piperazine rings is 1. The second-order valence-electron chi connectivity index (χ2n) is 12.4. The average Bonchev–Trinajstić information content (AvgIpc) is 3.29. The van der Waals surface area contributed by atoms with E-state index < -0.39 is 46.6 Å². The van der Waals surface area contributed by atoms with Crippen LogP contribution in [0.5, 0.6) is 11.6 Å². The normalized spacial score (nSPS) is 23.3. The molecule has 4 N–H and O–H groups in total. The van der Waals surface area contributed by atoms with Crippen molar-refractivity contribution in [3.05, 3.63) is 59.0 Å². The number of nitrogens with two attached hydrogens (primary N) is 1. The maximum atomic E-state index is 16.7. The predicted molar refractivity (Wildman–Crippen MR) is 163 cm³/mol. The monoisotopic (exact) mass is 655 g/mol. The van der Waals surface area contributed by atoms with Gasteiger partial charge in [0.05, 0.1) is 28.9 Å². The molecule has 3 aromatic heterocycles. The van der Waals surface area contributed by atoms with Crippen molar-refractivity contribution in [2.75, 3.05) is 22.5 Å². The zero-order chi connectivity index (χ0) is 33.6. The van der Waals surface area contributed by atoms with E-state index in [0.717, 1.165) is 11.8 Å². The number of nitrogens with one attached hydrogen (secondary N) is 2. The number of pyridine rings is 3. The van der Waals surface area contributed by atoms with Gasteiger partial charge in [0.1, 0.15) is 23.2 Å². The van der Waals surface area contributed by atoms with Crippen molar-refractivity contribution in [3.63, 3.8) is 0 Å². The van der Waals surface area contributed by atoms with Crippen molar-refractivity contribution in [1.82, 2.24) is 20.3 Å². The van der Waals surface area contributed by atoms with E-state index in [2.05, 4.69) is 25.3 Å². The Morgan fingerprint density at radius 3 is 2.64 bits per heavy atom. The summed E-state index contributed by atoms with van der Waals surface area (Å²) in [4.78, 5) is 29.2. The Morgan fingerprint density at radius 1 is 1.17 bits per heavy atom. The summed E-state index contributed by atoms with van der Waals surface area (Å²) in [6.07, 6.45) is -3.19. The van der Waals surface area contributed by atoms with E-state index in [1.807, 2.05) is 11.8 Å². The minimum Gasteiger partial charge on any atom is -0.472 e. The Morgan fingerprint density at radius 2 is 1.94 bits per heavy atom. The van der Waals surface area contributed by atoms with Crippen LogP contribution in [0.3, 0.4) is 0 Å². The molecule has 0 saturated carbocycles. The Hall–Kier alpha value is -4.79. The fourth-order valence-corrected chi connectivity index (χ4v) is 7.04. The van der Waals surface area contributed by atoms with E-state index in [1.54, 1.807) is 39.1 Å². The van der Waals surface area contributed by atoms with E-state index in [1.165, 1.54) is 0 Å². The van der Waals surface area contributed by atoms with E-state index in [-0.39, 0.29) is 46.9 Å². The largest absolute Gasteiger partial charge is 0.573 e. The number of hydrogen-bond donors (Lipinski definition) is 3. The number of anilines is 3. The summed E-state index contributed by atoms with van der Waals surface area (Å²) in [7, 11) is 0. The average molecular weight is 656 g/mol. The van der Waals surface area contributed by atoms with Crippen LogP contribution in [-0.2, 0) is 4.79 Å². The Kier molecular flexibility index (Phi) is 6.97. The molecule has 47 heavy (non-hydrogen) atoms. The fraction of sp³-hybridized carbons (Fsp3) is 0.375. The molecule has 10 nitrogen and oxygen atoms in total. The van der Waals surface area contributed by atoms with Crippen molar-refractivity contribution in [3.8, 4) is 22.9 Å². The van der Waals surface area contributed by atoms with Crippen molar-refractivity contribution in [2.24, 2.45) is 0 Å². The molecule has 2 fully saturated rings. The SMILES string of the molecule is Cc1ccc(NC(=O)C23CCC(N2)C2C(C)Oc4nc(-c5cc(N)cc(F)c5OC(F)(F)F)c(F)c5c(C)c(C)nc(c45)N2C3)cn1. The van der Waals surface area contributed by atoms with Crippen LogP contribution in [0.15, 0.2) is 30.5 Å². The first-order valence-electron chi connectivity index (χ1n) is 15.0. The van der Waals surface area contributed by atoms with Gasteiger partial charge < -0.3 is 25.4 Å². The van der Waals surface area contributed by atoms with Crippen LogP contribution in [0.2, 0.25) is 0 Å². The lowest BCUT2D eigenvalue weighted by Gasteiger charge is -2.47. The van der Waals surface area contributed by atoms with Gasteiger partial charge in [-0.3, -0.25) is 15.1 Å². The molecule has 0 radical (unpaired) electrons. The number of nitrogens with zero attached hydrogens (tertiary/aromatic N) is 4. The van der Waals surface area contributed by atoms with Crippen molar-refractivity contribution >= 4 is 33.9 Å². The summed E-state index contributed by atoms with van der Waals surface area (Å²) < 4.78 is 82.1. The first-order valence-corrected chi connectivity index (χ1v) is 15.0. The molecule has 4 unspecified atom stereocenters. The van der Waals surface area contributed by atoms with Crippen LogP contribution in [0.4, 0.5) is 39.1 Å². The highest BCUT2D eigenvalue weighted by molar-refractivity contribution is 6.03. The summed E-state index contributed by atoms with van der Waals surface area (Å²) in [5, 5.41) is 6.64. The Balaban J connectivity index is 1.39. The third-order valence-corrected chi connectivity index (χ3v) is 9.27. The molecular weight excluding hydrogens is 625 g/mol. The summed E-state index contributed by atoms with van der Waals surface area (Å²) >= 11 is 0. The van der Waals surface area contributed by atoms with Gasteiger partial charge in [0, 0.05) is 41.1 Å². The number of ether oxygens (including phenoxy) is 2. The van der Waals surface area contributed by atoms with Gasteiger partial charge in [-0.15, -0.1) is 13.2 Å². The lowest BCUT2D eigenvalue weighted by atomic mass is 9.92. The topological polar surface area (TPSA) is 128 Å². The summed E-state index contributed by atoms with van der Waals surface area (Å²) in [5.74, 6) is -3.79. The number of aromatic nitrogens is 3. The van der Waals surface area contributed by atoms with Gasteiger partial charge in [-0.05, 0) is 64.3 Å². The van der Waals surface area contributed by atoms with Crippen molar-refractivity contribution in [1.29, 1.82) is 0 Å². The van der Waals surface area contributed by atoms with Gasteiger partial charge >= 0.3 is 6.36 Å². The molecule has 1 amide bonds. The van der Waals surface area contributed by atoms with Crippen LogP contribution in [0.25, 0.3) is 22.0 Å². The second-order valence-corrected chi connectivity index (χ2v) is 12.4. The minimum atomic E-state index is -5.28. The third kappa shape index (κ3) is 5.03. The van der Waals surface area contributed by atoms with Crippen LogP contribution in [0, 0.1) is 32.4 Å². The van der Waals surface area contributed by atoms with Gasteiger partial charge in [0.25, 0.3) is 0 Å². The molecule has 4 atom stereocenters. The summed E-state index contributed by atoms with van der Waals surface area (Å²) in [5.41, 5.74) is 5.38. The minimum absolute atomic E-state index is 0.0174. The van der Waals surface area contributed by atoms with E-state index in [4.69, 9.17) is 15.5 Å². The maximum absolute atomic E-state index is 16.7. The number of amides is 1. The molecule has 4 aromatic rings. The van der Waals surface area contributed by atoms with E-state index in [0.29, 0.717) is 41.7 Å². The van der Waals surface area contributed by atoms with Crippen LogP contribution >= 0.6 is 0 Å². The molecule has 6 heterocycles. The molecule has 15 heteroatoms. The lowest BCUT2D eigenvalue weighted by molar-refractivity contribution is -0.275. The van der Waals surface area contributed by atoms with E-state index in [9.17, 15) is 22.4 Å². The van der Waals surface area contributed by atoms with Gasteiger partial charge in [-0.25, -0.2) is 18.7 Å². The zero-order valence-electron chi connectivity index (χ0n) is 25.7. The predicted octanol–water partition coefficient (Wildman–Crippen LogP) is 5.48. The Bertz CT molecular complexity index is 1960. The molecule has 3 aliphatic rings. The standard InChI is InChI=1S/C32H30F5N7O3/c1-13-5-6-18(11-39-13)41-30(45)31-8-7-21(43-31)26-16(4)46-29-23-22(14(2)15(3)40-28(23)44(26)12-31)24(34)25(42-29)19-9-17(38)10-20(33)27(19)47-32(35,36)37/h5-6,9-11,16,21,26,43H,7-8,12,38H2,1-4H3,(H,41,45). The van der Waals surface area contributed by atoms with E-state index >= 15 is 4.39 Å². The molecule has 3 aliphatic heterocycles. The first-order chi connectivity index (χ1) is 22.2. The molecule has 246 valence electrons. The van der Waals surface area contributed by atoms with Gasteiger partial charge in [0.2, 0.25) is 11.8 Å². The van der Waals surface area contributed by atoms with Gasteiger partial charge in [0.15, 0.2) is 17.4 Å². The van der Waals surface area contributed by atoms with Crippen molar-refractivity contribution in [2.45, 2.75) is 70.6 Å². The smallest absolute Gasteiger partial charge is 0.472 e. The first kappa shape index (κ1) is 30.8. The number of carbonyl (C=O) groups is 1. The molecule has 1 aromatic carbocycles. The highest BCUT2D eigenvalue weighted by atomic mass is 19.4. The quantitative estimate of drug-likeness (QED) is 0.194. The fourth-order valence-electron chi connectivity index (χ4n) is 7.04. The number of aryl methyl sites for hydroxylation is 3. The molecule has 0 aliphatic carbocycles. The zero-order valence-corrected chi connectivity index (χ0v) is 25.7. The number of nitrogen functional groups attached to an aromatic ring is 1. The van der Waals surface area contributed by atoms with Crippen LogP contribution < -0.4 is 30.7 Å². The number of halogens is 5. The number of rotatable bonds is 4. The van der Waals surface area contributed by atoms with Crippen LogP contribution in [-0.4, -0.2) is 57.5 Å². The number of benzene rings is 1. The molecule has 7 rings (SSSR count). The van der Waals surface area contributed by atoms with Gasteiger partial charge in [-0.1, -0.05) is 0 Å². The lowest BCUT2D eigenvalue weighted by Crippen LogP contribution is -2.70.